The van der Waals surface area contributed by atoms with Crippen LogP contribution in [0.25, 0.3) is 11.2 Å². The number of fused-ring (bicyclic) bond motifs is 1. The van der Waals surface area contributed by atoms with Gasteiger partial charge in [-0.15, -0.1) is 0 Å². The van der Waals surface area contributed by atoms with Crippen LogP contribution in [0.15, 0.2) is 15.9 Å². The minimum Gasteiger partial charge on any atom is -0.467 e. The molecule has 2 aromatic heterocycles. The molecule has 0 spiro atoms. The first-order chi connectivity index (χ1) is 8.47. The van der Waals surface area contributed by atoms with Gasteiger partial charge >= 0.3 is 11.7 Å². The van der Waals surface area contributed by atoms with Crippen LogP contribution in [0.2, 0.25) is 0 Å². The molecule has 2 heterocycles. The van der Waals surface area contributed by atoms with Gasteiger partial charge in [-0.25, -0.2) is 14.6 Å². The van der Waals surface area contributed by atoms with E-state index in [9.17, 15) is 14.4 Å². The third-order valence-electron chi connectivity index (χ3n) is 2.79. The number of imidazole rings is 1. The van der Waals surface area contributed by atoms with Crippen LogP contribution in [0.5, 0.6) is 0 Å². The highest BCUT2D eigenvalue weighted by molar-refractivity contribution is 5.77. The Morgan fingerprint density at radius 1 is 1.50 bits per heavy atom. The van der Waals surface area contributed by atoms with Crippen LogP contribution in [-0.4, -0.2) is 32.2 Å². The highest BCUT2D eigenvalue weighted by Gasteiger charge is 2.20. The summed E-state index contributed by atoms with van der Waals surface area (Å²) in [6.45, 7) is 1.58. The average Bonchev–Trinajstić information content (AvgIpc) is 2.77. The van der Waals surface area contributed by atoms with Crippen LogP contribution in [-0.2, 0) is 16.6 Å². The fourth-order valence-electron chi connectivity index (χ4n) is 1.68. The standard InChI is InChI=1S/C10H12N4O4/c1-5(9(16)18-3)14-4-11-7-6(14)8(15)13(2)10(17)12-7/h4-5H,1-3H3,(H,12,17)/t5-/m0/s1. The smallest absolute Gasteiger partial charge is 0.329 e. The Morgan fingerprint density at radius 3 is 2.78 bits per heavy atom. The van der Waals surface area contributed by atoms with E-state index in [-0.39, 0.29) is 11.2 Å². The van der Waals surface area contributed by atoms with Crippen molar-refractivity contribution in [2.45, 2.75) is 13.0 Å². The molecular formula is C10H12N4O4. The summed E-state index contributed by atoms with van der Waals surface area (Å²) in [5.41, 5.74) is -0.751. The van der Waals surface area contributed by atoms with E-state index in [4.69, 9.17) is 0 Å². The van der Waals surface area contributed by atoms with Crippen molar-refractivity contribution in [3.05, 3.63) is 27.2 Å². The molecule has 0 fully saturated rings. The lowest BCUT2D eigenvalue weighted by Gasteiger charge is -2.11. The van der Waals surface area contributed by atoms with Gasteiger partial charge in [0.2, 0.25) is 0 Å². The summed E-state index contributed by atoms with van der Waals surface area (Å²) >= 11 is 0. The first kappa shape index (κ1) is 12.1. The lowest BCUT2D eigenvalue weighted by atomic mass is 10.3. The lowest BCUT2D eigenvalue weighted by molar-refractivity contribution is -0.143. The van der Waals surface area contributed by atoms with Gasteiger partial charge in [0.25, 0.3) is 5.56 Å². The third-order valence-corrected chi connectivity index (χ3v) is 2.79. The molecule has 0 aromatic carbocycles. The van der Waals surface area contributed by atoms with Crippen molar-refractivity contribution < 1.29 is 9.53 Å². The number of H-pyrrole nitrogens is 1. The molecule has 2 aromatic rings. The zero-order chi connectivity index (χ0) is 13.4. The molecule has 1 atom stereocenters. The molecule has 18 heavy (non-hydrogen) atoms. The molecule has 96 valence electrons. The number of hydrogen-bond acceptors (Lipinski definition) is 5. The van der Waals surface area contributed by atoms with Crippen LogP contribution in [0, 0.1) is 0 Å². The Labute approximate surface area is 101 Å². The predicted molar refractivity (Wildman–Crippen MR) is 62.3 cm³/mol. The van der Waals surface area contributed by atoms with E-state index >= 15 is 0 Å². The molecule has 0 saturated carbocycles. The van der Waals surface area contributed by atoms with Gasteiger partial charge in [0.1, 0.15) is 6.04 Å². The van der Waals surface area contributed by atoms with Gasteiger partial charge in [-0.05, 0) is 6.92 Å². The number of nitrogens with one attached hydrogen (secondary N) is 1. The van der Waals surface area contributed by atoms with Gasteiger partial charge < -0.3 is 9.30 Å². The van der Waals surface area contributed by atoms with Crippen molar-refractivity contribution >= 4 is 17.1 Å². The van der Waals surface area contributed by atoms with Crippen molar-refractivity contribution in [3.8, 4) is 0 Å². The molecule has 0 aliphatic carbocycles. The summed E-state index contributed by atoms with van der Waals surface area (Å²) in [5, 5.41) is 0. The van der Waals surface area contributed by atoms with Crippen LogP contribution < -0.4 is 11.2 Å². The number of aromatic nitrogens is 4. The monoisotopic (exact) mass is 252 g/mol. The highest BCUT2D eigenvalue weighted by Crippen LogP contribution is 2.12. The Morgan fingerprint density at radius 2 is 2.17 bits per heavy atom. The fraction of sp³-hybridized carbons (Fsp3) is 0.400. The normalized spacial score (nSPS) is 12.6. The Hall–Kier alpha value is -2.38. The summed E-state index contributed by atoms with van der Waals surface area (Å²) in [6, 6.07) is -0.696. The summed E-state index contributed by atoms with van der Waals surface area (Å²) in [6.07, 6.45) is 1.32. The SMILES string of the molecule is COC(=O)[C@H](C)n1cnc2[nH]c(=O)n(C)c(=O)c21. The van der Waals surface area contributed by atoms with E-state index < -0.39 is 23.3 Å². The van der Waals surface area contributed by atoms with E-state index in [0.717, 1.165) is 4.57 Å². The van der Waals surface area contributed by atoms with Gasteiger partial charge in [0.15, 0.2) is 11.2 Å². The first-order valence-electron chi connectivity index (χ1n) is 5.21. The molecule has 0 aliphatic rings. The van der Waals surface area contributed by atoms with E-state index in [0.29, 0.717) is 0 Å². The Kier molecular flexibility index (Phi) is 2.77. The zero-order valence-electron chi connectivity index (χ0n) is 10.1. The molecule has 1 N–H and O–H groups in total. The molecule has 0 amide bonds. The molecule has 0 aliphatic heterocycles. The van der Waals surface area contributed by atoms with Crippen molar-refractivity contribution in [1.29, 1.82) is 0 Å². The minimum absolute atomic E-state index is 0.152. The van der Waals surface area contributed by atoms with E-state index in [1.54, 1.807) is 6.92 Å². The van der Waals surface area contributed by atoms with Crippen LogP contribution in [0.4, 0.5) is 0 Å². The van der Waals surface area contributed by atoms with E-state index in [1.807, 2.05) is 0 Å². The van der Waals surface area contributed by atoms with Gasteiger partial charge in [-0.3, -0.25) is 14.3 Å². The van der Waals surface area contributed by atoms with Gasteiger partial charge in [0.05, 0.1) is 13.4 Å². The molecule has 8 nitrogen and oxygen atoms in total. The second-order valence-corrected chi connectivity index (χ2v) is 3.84. The number of carbonyl (C=O) groups is 1. The maximum atomic E-state index is 12.0. The molecule has 2 rings (SSSR count). The van der Waals surface area contributed by atoms with Crippen LogP contribution in [0.1, 0.15) is 13.0 Å². The van der Waals surface area contributed by atoms with Crippen molar-refractivity contribution in [2.75, 3.05) is 7.11 Å². The maximum Gasteiger partial charge on any atom is 0.329 e. The molecule has 0 bridgehead atoms. The van der Waals surface area contributed by atoms with E-state index in [1.165, 1.54) is 25.1 Å². The van der Waals surface area contributed by atoms with Crippen molar-refractivity contribution in [2.24, 2.45) is 7.05 Å². The van der Waals surface area contributed by atoms with E-state index in [2.05, 4.69) is 14.7 Å². The fourth-order valence-corrected chi connectivity index (χ4v) is 1.68. The predicted octanol–water partition coefficient (Wildman–Crippen LogP) is -0.843. The van der Waals surface area contributed by atoms with Crippen molar-refractivity contribution in [1.82, 2.24) is 19.1 Å². The van der Waals surface area contributed by atoms with Crippen LogP contribution >= 0.6 is 0 Å². The summed E-state index contributed by atoms with van der Waals surface area (Å²) in [5.74, 6) is -0.498. The highest BCUT2D eigenvalue weighted by atomic mass is 16.5. The Bertz CT molecular complexity index is 724. The molecule has 8 heteroatoms. The number of nitrogens with zero attached hydrogens (tertiary/aromatic N) is 3. The number of aromatic amines is 1. The number of methoxy groups -OCH3 is 1. The number of rotatable bonds is 2. The summed E-state index contributed by atoms with van der Waals surface area (Å²) in [7, 11) is 2.61. The van der Waals surface area contributed by atoms with Gasteiger partial charge in [-0.1, -0.05) is 0 Å². The quantitative estimate of drug-likeness (QED) is 0.702. The van der Waals surface area contributed by atoms with Crippen molar-refractivity contribution in [3.63, 3.8) is 0 Å². The molecule has 0 unspecified atom stereocenters. The second kappa shape index (κ2) is 4.13. The largest absolute Gasteiger partial charge is 0.467 e. The number of esters is 1. The zero-order valence-corrected chi connectivity index (χ0v) is 10.1. The molecule has 0 saturated heterocycles. The second-order valence-electron chi connectivity index (χ2n) is 3.84. The number of carbonyl (C=O) groups excluding carboxylic acids is 1. The maximum absolute atomic E-state index is 12.0. The number of ether oxygens (including phenoxy) is 1. The Balaban J connectivity index is 2.76. The topological polar surface area (TPSA) is 99.0 Å². The minimum atomic E-state index is -0.696. The number of hydrogen-bond donors (Lipinski definition) is 1. The van der Waals surface area contributed by atoms with Gasteiger partial charge in [-0.2, -0.15) is 0 Å². The van der Waals surface area contributed by atoms with Gasteiger partial charge in [0, 0.05) is 7.05 Å². The van der Waals surface area contributed by atoms with Crippen LogP contribution in [0.3, 0.4) is 0 Å². The third kappa shape index (κ3) is 1.62. The summed E-state index contributed by atoms with van der Waals surface area (Å²) < 4.78 is 6.91. The first-order valence-corrected chi connectivity index (χ1v) is 5.21. The average molecular weight is 252 g/mol. The summed E-state index contributed by atoms with van der Waals surface area (Å²) in [4.78, 5) is 41.2. The molecule has 0 radical (unpaired) electrons. The molecular weight excluding hydrogens is 240 g/mol. The lowest BCUT2D eigenvalue weighted by Crippen LogP contribution is -2.34.